The molecular weight excluding hydrogens is 325 g/mol. The van der Waals surface area contributed by atoms with Crippen LogP contribution in [0, 0.1) is 12.8 Å². The lowest BCUT2D eigenvalue weighted by Crippen LogP contribution is -2.36. The van der Waals surface area contributed by atoms with E-state index in [0.29, 0.717) is 36.0 Å². The van der Waals surface area contributed by atoms with Gasteiger partial charge >= 0.3 is 5.97 Å². The predicted octanol–water partition coefficient (Wildman–Crippen LogP) is 3.53. The van der Waals surface area contributed by atoms with Crippen LogP contribution in [-0.4, -0.2) is 25.0 Å². The van der Waals surface area contributed by atoms with Gasteiger partial charge in [0.05, 0.1) is 18.1 Å². The van der Waals surface area contributed by atoms with Crippen LogP contribution in [0.2, 0.25) is 10.0 Å². The highest BCUT2D eigenvalue weighted by Gasteiger charge is 2.31. The van der Waals surface area contributed by atoms with Gasteiger partial charge in [-0.3, -0.25) is 9.59 Å². The summed E-state index contributed by atoms with van der Waals surface area (Å²) in [5.74, 6) is -0.249. The maximum atomic E-state index is 12.6. The quantitative estimate of drug-likeness (QED) is 0.773. The Morgan fingerprint density at radius 3 is 2.91 bits per heavy atom. The second-order valence-electron chi connectivity index (χ2n) is 5.90. The highest BCUT2D eigenvalue weighted by Crippen LogP contribution is 2.39. The molecule has 1 atom stereocenters. The van der Waals surface area contributed by atoms with Gasteiger partial charge in [-0.05, 0) is 37.0 Å². The monoisotopic (exact) mass is 341 g/mol. The van der Waals surface area contributed by atoms with Gasteiger partial charge in [-0.25, -0.2) is 0 Å². The average molecular weight is 342 g/mol. The fourth-order valence-electron chi connectivity index (χ4n) is 3.08. The van der Waals surface area contributed by atoms with Crippen LogP contribution in [0.5, 0.6) is 0 Å². The van der Waals surface area contributed by atoms with E-state index in [0.717, 1.165) is 29.7 Å². The first-order valence-electron chi connectivity index (χ1n) is 7.41. The topological polar surface area (TPSA) is 46.6 Å². The molecule has 1 saturated heterocycles. The minimum absolute atomic E-state index is 0.000219. The molecule has 1 aromatic rings. The highest BCUT2D eigenvalue weighted by molar-refractivity contribution is 6.37. The van der Waals surface area contributed by atoms with Gasteiger partial charge in [-0.15, -0.1) is 0 Å². The molecule has 4 nitrogen and oxygen atoms in total. The fraction of sp³-hybridized carbons (Fsp3) is 0.500. The van der Waals surface area contributed by atoms with Crippen molar-refractivity contribution in [3.63, 3.8) is 0 Å². The standard InChI is InChI=1S/C16H17Cl2NO3/c1-9-12(17)7-13-11(16(9)18)3-2-4-19(13)14(20)5-10-6-15(21)22-8-10/h7,10H,2-6,8H2,1H3. The molecule has 2 aliphatic heterocycles. The molecule has 0 spiro atoms. The Bertz CT molecular complexity index is 645. The number of cyclic esters (lactones) is 1. The summed E-state index contributed by atoms with van der Waals surface area (Å²) >= 11 is 12.6. The zero-order valence-corrected chi connectivity index (χ0v) is 13.8. The lowest BCUT2D eigenvalue weighted by Gasteiger charge is -2.31. The number of anilines is 1. The Hall–Kier alpha value is -1.26. The van der Waals surface area contributed by atoms with Crippen LogP contribution in [0.25, 0.3) is 0 Å². The number of hydrogen-bond acceptors (Lipinski definition) is 3. The highest BCUT2D eigenvalue weighted by atomic mass is 35.5. The number of amides is 1. The molecule has 1 aromatic carbocycles. The number of rotatable bonds is 2. The second-order valence-corrected chi connectivity index (χ2v) is 6.69. The van der Waals surface area contributed by atoms with Gasteiger partial charge in [0.1, 0.15) is 0 Å². The van der Waals surface area contributed by atoms with Crippen LogP contribution in [0.1, 0.15) is 30.4 Å². The summed E-state index contributed by atoms with van der Waals surface area (Å²) in [4.78, 5) is 25.5. The first-order valence-corrected chi connectivity index (χ1v) is 8.16. The van der Waals surface area contributed by atoms with Crippen LogP contribution in [0.3, 0.4) is 0 Å². The van der Waals surface area contributed by atoms with E-state index in [1.54, 1.807) is 4.90 Å². The number of ether oxygens (including phenoxy) is 1. The van der Waals surface area contributed by atoms with Gasteiger partial charge < -0.3 is 9.64 Å². The average Bonchev–Trinajstić information content (AvgIpc) is 2.89. The summed E-state index contributed by atoms with van der Waals surface area (Å²) < 4.78 is 4.93. The molecule has 0 bridgehead atoms. The van der Waals surface area contributed by atoms with Crippen molar-refractivity contribution in [2.45, 2.75) is 32.6 Å². The molecule has 0 aromatic heterocycles. The molecule has 1 amide bonds. The van der Waals surface area contributed by atoms with E-state index in [1.165, 1.54) is 0 Å². The summed E-state index contributed by atoms with van der Waals surface area (Å²) in [5.41, 5.74) is 2.65. The van der Waals surface area contributed by atoms with Crippen molar-refractivity contribution in [3.8, 4) is 0 Å². The minimum atomic E-state index is -0.224. The third-order valence-electron chi connectivity index (χ3n) is 4.32. The van der Waals surface area contributed by atoms with Crippen molar-refractivity contribution < 1.29 is 14.3 Å². The maximum Gasteiger partial charge on any atom is 0.306 e. The van der Waals surface area contributed by atoms with Crippen molar-refractivity contribution in [1.82, 2.24) is 0 Å². The lowest BCUT2D eigenvalue weighted by atomic mass is 9.97. The summed E-state index contributed by atoms with van der Waals surface area (Å²) in [6.07, 6.45) is 2.36. The SMILES string of the molecule is Cc1c(Cl)cc2c(c1Cl)CCCN2C(=O)CC1COC(=O)C1. The van der Waals surface area contributed by atoms with Crippen molar-refractivity contribution in [2.24, 2.45) is 5.92 Å². The Balaban J connectivity index is 1.85. The fourth-order valence-corrected chi connectivity index (χ4v) is 3.62. The molecule has 22 heavy (non-hydrogen) atoms. The zero-order chi connectivity index (χ0) is 15.9. The van der Waals surface area contributed by atoms with Gasteiger partial charge in [0.2, 0.25) is 5.91 Å². The minimum Gasteiger partial charge on any atom is -0.465 e. The van der Waals surface area contributed by atoms with Crippen LogP contribution in [-0.2, 0) is 20.7 Å². The third-order valence-corrected chi connectivity index (χ3v) is 5.23. The molecule has 0 radical (unpaired) electrons. The Morgan fingerprint density at radius 2 is 2.23 bits per heavy atom. The molecule has 3 rings (SSSR count). The smallest absolute Gasteiger partial charge is 0.306 e. The summed E-state index contributed by atoms with van der Waals surface area (Å²) in [6, 6.07) is 1.82. The molecule has 0 aliphatic carbocycles. The van der Waals surface area contributed by atoms with Crippen molar-refractivity contribution in [3.05, 3.63) is 27.2 Å². The molecule has 118 valence electrons. The van der Waals surface area contributed by atoms with E-state index in [9.17, 15) is 9.59 Å². The number of benzene rings is 1. The Morgan fingerprint density at radius 1 is 1.45 bits per heavy atom. The number of carbonyl (C=O) groups excluding carboxylic acids is 2. The van der Waals surface area contributed by atoms with Crippen molar-refractivity contribution >= 4 is 40.8 Å². The van der Waals surface area contributed by atoms with E-state index in [2.05, 4.69) is 0 Å². The Kier molecular flexibility index (Phi) is 4.33. The maximum absolute atomic E-state index is 12.6. The molecule has 2 heterocycles. The molecule has 1 fully saturated rings. The second kappa shape index (κ2) is 6.09. The summed E-state index contributed by atoms with van der Waals surface area (Å²) in [5, 5.41) is 1.22. The molecule has 0 N–H and O–H groups in total. The number of hydrogen-bond donors (Lipinski definition) is 0. The van der Waals surface area contributed by atoms with Gasteiger partial charge in [0.15, 0.2) is 0 Å². The van der Waals surface area contributed by atoms with Crippen LogP contribution in [0.15, 0.2) is 6.07 Å². The van der Waals surface area contributed by atoms with Gasteiger partial charge in [-0.2, -0.15) is 0 Å². The van der Waals surface area contributed by atoms with Crippen molar-refractivity contribution in [2.75, 3.05) is 18.1 Å². The molecule has 2 aliphatic rings. The van der Waals surface area contributed by atoms with Gasteiger partial charge in [0, 0.05) is 29.6 Å². The van der Waals surface area contributed by atoms with E-state index in [-0.39, 0.29) is 17.8 Å². The van der Waals surface area contributed by atoms with Crippen LogP contribution < -0.4 is 4.90 Å². The van der Waals surface area contributed by atoms with Gasteiger partial charge in [0.25, 0.3) is 0 Å². The molecule has 0 saturated carbocycles. The first-order chi connectivity index (χ1) is 10.5. The normalized spacial score (nSPS) is 20.8. The summed E-state index contributed by atoms with van der Waals surface area (Å²) in [7, 11) is 0. The van der Waals surface area contributed by atoms with Crippen LogP contribution in [0.4, 0.5) is 5.69 Å². The van der Waals surface area contributed by atoms with Crippen LogP contribution >= 0.6 is 23.2 Å². The zero-order valence-electron chi connectivity index (χ0n) is 12.3. The number of nitrogens with zero attached hydrogens (tertiary/aromatic N) is 1. The summed E-state index contributed by atoms with van der Waals surface area (Å²) in [6.45, 7) is 2.87. The third kappa shape index (κ3) is 2.82. The van der Waals surface area contributed by atoms with E-state index >= 15 is 0 Å². The Labute approximate surface area is 139 Å². The molecule has 6 heteroatoms. The van der Waals surface area contributed by atoms with E-state index in [1.807, 2.05) is 13.0 Å². The largest absolute Gasteiger partial charge is 0.465 e. The molecule has 1 unspecified atom stereocenters. The number of fused-ring (bicyclic) bond motifs is 1. The number of esters is 1. The predicted molar refractivity (Wildman–Crippen MR) is 85.6 cm³/mol. The lowest BCUT2D eigenvalue weighted by molar-refractivity contribution is -0.138. The number of halogens is 2. The van der Waals surface area contributed by atoms with E-state index < -0.39 is 0 Å². The first kappa shape index (κ1) is 15.6. The number of carbonyl (C=O) groups is 2. The van der Waals surface area contributed by atoms with Gasteiger partial charge in [-0.1, -0.05) is 23.2 Å². The van der Waals surface area contributed by atoms with Crippen molar-refractivity contribution in [1.29, 1.82) is 0 Å². The molecular formula is C16H17Cl2NO3. The van der Waals surface area contributed by atoms with E-state index in [4.69, 9.17) is 27.9 Å².